The predicted octanol–water partition coefficient (Wildman–Crippen LogP) is 0.0709. The van der Waals surface area contributed by atoms with Gasteiger partial charge in [0.2, 0.25) is 0 Å². The zero-order chi connectivity index (χ0) is 13.8. The van der Waals surface area contributed by atoms with Crippen molar-refractivity contribution in [1.29, 1.82) is 0 Å². The summed E-state index contributed by atoms with van der Waals surface area (Å²) >= 11 is 0. The molecule has 2 rings (SSSR count). The molecular weight excluding hydrogens is 246 g/mol. The summed E-state index contributed by atoms with van der Waals surface area (Å²) in [6, 6.07) is 4.83. The molecule has 0 aromatic heterocycles. The number of anilines is 1. The van der Waals surface area contributed by atoms with Gasteiger partial charge in [-0.1, -0.05) is 6.07 Å². The first-order chi connectivity index (χ1) is 9.08. The van der Waals surface area contributed by atoms with E-state index in [-0.39, 0.29) is 11.4 Å². The molecule has 1 saturated heterocycles. The number of benzene rings is 1. The molecule has 1 aliphatic rings. The SMILES string of the molecule is Cc1ccc(O)c(NC(=O)C(=O)N2CCNCC2)c1. The molecule has 1 aliphatic heterocycles. The number of nitrogens with zero attached hydrogens (tertiary/aromatic N) is 1. The van der Waals surface area contributed by atoms with Gasteiger partial charge < -0.3 is 20.6 Å². The Hall–Kier alpha value is -2.08. The molecular formula is C13H17N3O3. The Kier molecular flexibility index (Phi) is 4.01. The molecule has 1 aromatic carbocycles. The zero-order valence-corrected chi connectivity index (χ0v) is 10.8. The Morgan fingerprint density at radius 2 is 2.00 bits per heavy atom. The number of carbonyl (C=O) groups excluding carboxylic acids is 2. The first kappa shape index (κ1) is 13.4. The highest BCUT2D eigenvalue weighted by Gasteiger charge is 2.23. The van der Waals surface area contributed by atoms with Crippen LogP contribution in [0.1, 0.15) is 5.56 Å². The van der Waals surface area contributed by atoms with Crippen LogP contribution in [0.25, 0.3) is 0 Å². The van der Waals surface area contributed by atoms with Crippen molar-refractivity contribution < 1.29 is 14.7 Å². The first-order valence-electron chi connectivity index (χ1n) is 6.18. The molecule has 19 heavy (non-hydrogen) atoms. The Morgan fingerprint density at radius 3 is 2.68 bits per heavy atom. The highest BCUT2D eigenvalue weighted by molar-refractivity contribution is 6.39. The minimum Gasteiger partial charge on any atom is -0.506 e. The molecule has 6 heteroatoms. The van der Waals surface area contributed by atoms with Gasteiger partial charge in [-0.3, -0.25) is 9.59 Å². The van der Waals surface area contributed by atoms with Gasteiger partial charge >= 0.3 is 11.8 Å². The molecule has 0 saturated carbocycles. The van der Waals surface area contributed by atoms with Crippen LogP contribution in [0, 0.1) is 6.92 Å². The molecule has 0 aliphatic carbocycles. The van der Waals surface area contributed by atoms with Crippen molar-refractivity contribution in [3.63, 3.8) is 0 Å². The molecule has 0 radical (unpaired) electrons. The maximum Gasteiger partial charge on any atom is 0.314 e. The fourth-order valence-electron chi connectivity index (χ4n) is 1.94. The molecule has 1 heterocycles. The summed E-state index contributed by atoms with van der Waals surface area (Å²) in [6.07, 6.45) is 0. The third kappa shape index (κ3) is 3.23. The van der Waals surface area contributed by atoms with Crippen molar-refractivity contribution in [1.82, 2.24) is 10.2 Å². The van der Waals surface area contributed by atoms with Gasteiger partial charge in [0.1, 0.15) is 5.75 Å². The molecule has 0 atom stereocenters. The summed E-state index contributed by atoms with van der Waals surface area (Å²) < 4.78 is 0. The number of piperazine rings is 1. The lowest BCUT2D eigenvalue weighted by molar-refractivity contribution is -0.143. The zero-order valence-electron chi connectivity index (χ0n) is 10.8. The van der Waals surface area contributed by atoms with Gasteiger partial charge in [-0.2, -0.15) is 0 Å². The average molecular weight is 263 g/mol. The Labute approximate surface area is 111 Å². The van der Waals surface area contributed by atoms with Crippen LogP contribution in [-0.2, 0) is 9.59 Å². The van der Waals surface area contributed by atoms with Crippen molar-refractivity contribution in [2.75, 3.05) is 31.5 Å². The van der Waals surface area contributed by atoms with Gasteiger partial charge in [-0.25, -0.2) is 0 Å². The van der Waals surface area contributed by atoms with E-state index < -0.39 is 11.8 Å². The highest BCUT2D eigenvalue weighted by Crippen LogP contribution is 2.23. The fourth-order valence-corrected chi connectivity index (χ4v) is 1.94. The van der Waals surface area contributed by atoms with Crippen LogP contribution in [0.15, 0.2) is 18.2 Å². The third-order valence-corrected chi connectivity index (χ3v) is 3.00. The summed E-state index contributed by atoms with van der Waals surface area (Å²) in [7, 11) is 0. The fraction of sp³-hybridized carbons (Fsp3) is 0.385. The number of rotatable bonds is 1. The van der Waals surface area contributed by atoms with E-state index in [0.29, 0.717) is 26.2 Å². The van der Waals surface area contributed by atoms with Gasteiger partial charge in [0.15, 0.2) is 0 Å². The minimum absolute atomic E-state index is 0.0490. The van der Waals surface area contributed by atoms with Crippen LogP contribution in [-0.4, -0.2) is 48.0 Å². The smallest absolute Gasteiger partial charge is 0.314 e. The lowest BCUT2D eigenvalue weighted by Gasteiger charge is -2.26. The van der Waals surface area contributed by atoms with Crippen LogP contribution in [0.2, 0.25) is 0 Å². The summed E-state index contributed by atoms with van der Waals surface area (Å²) in [4.78, 5) is 25.2. The predicted molar refractivity (Wildman–Crippen MR) is 70.9 cm³/mol. The summed E-state index contributed by atoms with van der Waals surface area (Å²) in [5.74, 6) is -1.34. The number of aromatic hydroxyl groups is 1. The maximum atomic E-state index is 11.9. The molecule has 0 spiro atoms. The molecule has 1 fully saturated rings. The van der Waals surface area contributed by atoms with Crippen molar-refractivity contribution in [3.05, 3.63) is 23.8 Å². The lowest BCUT2D eigenvalue weighted by atomic mass is 10.2. The molecule has 3 N–H and O–H groups in total. The van der Waals surface area contributed by atoms with E-state index >= 15 is 0 Å². The van der Waals surface area contributed by atoms with Crippen LogP contribution in [0.3, 0.4) is 0 Å². The van der Waals surface area contributed by atoms with Crippen LogP contribution in [0.4, 0.5) is 5.69 Å². The number of hydrogen-bond acceptors (Lipinski definition) is 4. The lowest BCUT2D eigenvalue weighted by Crippen LogP contribution is -2.49. The second-order valence-electron chi connectivity index (χ2n) is 4.52. The number of phenols is 1. The summed E-state index contributed by atoms with van der Waals surface area (Å²) in [5, 5.41) is 15.2. The standard InChI is InChI=1S/C13H17N3O3/c1-9-2-3-11(17)10(8-9)15-12(18)13(19)16-6-4-14-5-7-16/h2-3,8,14,17H,4-7H2,1H3,(H,15,18). The number of carbonyl (C=O) groups is 2. The van der Waals surface area contributed by atoms with Gasteiger partial charge in [0.25, 0.3) is 0 Å². The van der Waals surface area contributed by atoms with E-state index in [4.69, 9.17) is 0 Å². The highest BCUT2D eigenvalue weighted by atomic mass is 16.3. The second-order valence-corrected chi connectivity index (χ2v) is 4.52. The summed E-state index contributed by atoms with van der Waals surface area (Å²) in [5.41, 5.74) is 1.15. The van der Waals surface area contributed by atoms with Crippen molar-refractivity contribution in [3.8, 4) is 5.75 Å². The topological polar surface area (TPSA) is 81.7 Å². The van der Waals surface area contributed by atoms with E-state index in [9.17, 15) is 14.7 Å². The Balaban J connectivity index is 2.03. The van der Waals surface area contributed by atoms with Crippen molar-refractivity contribution >= 4 is 17.5 Å². The minimum atomic E-state index is -0.720. The Morgan fingerprint density at radius 1 is 1.32 bits per heavy atom. The molecule has 0 bridgehead atoms. The monoisotopic (exact) mass is 263 g/mol. The quantitative estimate of drug-likeness (QED) is 0.495. The van der Waals surface area contributed by atoms with Crippen molar-refractivity contribution in [2.45, 2.75) is 6.92 Å². The van der Waals surface area contributed by atoms with E-state index in [2.05, 4.69) is 10.6 Å². The number of hydrogen-bond donors (Lipinski definition) is 3. The van der Waals surface area contributed by atoms with Crippen molar-refractivity contribution in [2.24, 2.45) is 0 Å². The Bertz CT molecular complexity index is 496. The first-order valence-corrected chi connectivity index (χ1v) is 6.18. The van der Waals surface area contributed by atoms with Gasteiger partial charge in [0, 0.05) is 26.2 Å². The summed E-state index contributed by atoms with van der Waals surface area (Å²) in [6.45, 7) is 4.26. The van der Waals surface area contributed by atoms with Crippen LogP contribution < -0.4 is 10.6 Å². The van der Waals surface area contributed by atoms with Crippen LogP contribution in [0.5, 0.6) is 5.75 Å². The molecule has 102 valence electrons. The largest absolute Gasteiger partial charge is 0.506 e. The molecule has 0 unspecified atom stereocenters. The van der Waals surface area contributed by atoms with Crippen LogP contribution >= 0.6 is 0 Å². The van der Waals surface area contributed by atoms with Gasteiger partial charge in [-0.15, -0.1) is 0 Å². The normalized spacial score (nSPS) is 15.1. The number of nitrogens with one attached hydrogen (secondary N) is 2. The molecule has 1 aromatic rings. The molecule has 2 amide bonds. The van der Waals surface area contributed by atoms with Gasteiger partial charge in [-0.05, 0) is 24.6 Å². The van der Waals surface area contributed by atoms with E-state index in [1.807, 2.05) is 6.92 Å². The van der Waals surface area contributed by atoms with Gasteiger partial charge in [0.05, 0.1) is 5.69 Å². The van der Waals surface area contributed by atoms with E-state index in [0.717, 1.165) is 5.56 Å². The number of amides is 2. The maximum absolute atomic E-state index is 11.9. The second kappa shape index (κ2) is 5.71. The third-order valence-electron chi connectivity index (χ3n) is 3.00. The number of aryl methyl sites for hydroxylation is 1. The van der Waals surface area contributed by atoms with E-state index in [1.54, 1.807) is 12.1 Å². The van der Waals surface area contributed by atoms with E-state index in [1.165, 1.54) is 11.0 Å². The molecule has 6 nitrogen and oxygen atoms in total. The number of phenolic OH excluding ortho intramolecular Hbond substituents is 1. The average Bonchev–Trinajstić information content (AvgIpc) is 2.43.